The molecule has 0 radical (unpaired) electrons. The molecule has 5 rings (SSSR count). The van der Waals surface area contributed by atoms with Crippen LogP contribution in [0.1, 0.15) is 5.56 Å². The topological polar surface area (TPSA) is 0 Å². The lowest BCUT2D eigenvalue weighted by Gasteiger charge is -2.15. The van der Waals surface area contributed by atoms with Gasteiger partial charge in [0.05, 0.1) is 0 Å². The highest BCUT2D eigenvalue weighted by Crippen LogP contribution is 2.39. The van der Waals surface area contributed by atoms with Crippen molar-refractivity contribution >= 4 is 32.3 Å². The molecule has 0 heteroatoms. The summed E-state index contributed by atoms with van der Waals surface area (Å²) in [5, 5.41) is 7.36. The smallest absolute Gasteiger partial charge is 0.0405 e. The zero-order chi connectivity index (χ0) is 17.5. The van der Waals surface area contributed by atoms with Crippen LogP contribution in [-0.4, -0.2) is 0 Å². The number of hydrogen-bond acceptors (Lipinski definition) is 0. The average molecular weight is 328 g/mol. The maximum absolute atomic E-state index is 6.04. The molecule has 0 N–H and O–H groups in total. The van der Waals surface area contributed by atoms with Gasteiger partial charge in [-0.2, -0.15) is 0 Å². The van der Waals surface area contributed by atoms with E-state index in [-0.39, 0.29) is 0 Å². The normalized spacial score (nSPS) is 11.0. The first-order valence-electron chi connectivity index (χ1n) is 8.76. The molecule has 0 bridgehead atoms. The van der Waals surface area contributed by atoms with E-state index in [1.807, 2.05) is 6.07 Å². The van der Waals surface area contributed by atoms with Crippen molar-refractivity contribution in [3.63, 3.8) is 0 Å². The average Bonchev–Trinajstić information content (AvgIpc) is 2.73. The summed E-state index contributed by atoms with van der Waals surface area (Å²) >= 11 is 0. The first-order valence-corrected chi connectivity index (χ1v) is 8.76. The van der Waals surface area contributed by atoms with Crippen molar-refractivity contribution in [1.29, 1.82) is 0 Å². The van der Waals surface area contributed by atoms with Gasteiger partial charge >= 0.3 is 0 Å². The largest absolute Gasteiger partial charge is 0.115 e. The van der Waals surface area contributed by atoms with Crippen LogP contribution in [0.5, 0.6) is 0 Å². The van der Waals surface area contributed by atoms with Gasteiger partial charge in [0, 0.05) is 10.9 Å². The minimum atomic E-state index is 0.968. The van der Waals surface area contributed by atoms with E-state index < -0.39 is 0 Å². The maximum Gasteiger partial charge on any atom is 0.0405 e. The highest BCUT2D eigenvalue weighted by atomic mass is 14.2. The van der Waals surface area contributed by atoms with Crippen molar-refractivity contribution in [3.05, 3.63) is 96.6 Å². The van der Waals surface area contributed by atoms with E-state index in [9.17, 15) is 0 Å². The number of rotatable bonds is 1. The van der Waals surface area contributed by atoms with Crippen molar-refractivity contribution in [2.24, 2.45) is 0 Å². The van der Waals surface area contributed by atoms with Crippen LogP contribution in [-0.2, 0) is 0 Å². The second-order valence-corrected chi connectivity index (χ2v) is 6.51. The fraction of sp³-hybridized carbons (Fsp3) is 0. The van der Waals surface area contributed by atoms with Gasteiger partial charge in [-0.1, -0.05) is 96.9 Å². The van der Waals surface area contributed by atoms with Gasteiger partial charge in [0.1, 0.15) is 0 Å². The number of terminal acetylenes is 1. The Hall–Kier alpha value is -3.56. The lowest BCUT2D eigenvalue weighted by molar-refractivity contribution is 1.63. The molecule has 0 aromatic heterocycles. The Bertz CT molecular complexity index is 1280. The minimum Gasteiger partial charge on any atom is -0.115 e. The zero-order valence-corrected chi connectivity index (χ0v) is 14.2. The highest BCUT2D eigenvalue weighted by Gasteiger charge is 2.14. The van der Waals surface area contributed by atoms with E-state index in [1.165, 1.54) is 32.3 Å². The van der Waals surface area contributed by atoms with Crippen LogP contribution < -0.4 is 0 Å². The molecule has 0 spiro atoms. The van der Waals surface area contributed by atoms with E-state index in [1.54, 1.807) is 0 Å². The minimum absolute atomic E-state index is 0.968. The Morgan fingerprint density at radius 3 is 1.62 bits per heavy atom. The predicted molar refractivity (Wildman–Crippen MR) is 112 cm³/mol. The van der Waals surface area contributed by atoms with Gasteiger partial charge in [-0.3, -0.25) is 0 Å². The predicted octanol–water partition coefficient (Wildman–Crippen LogP) is 6.79. The van der Waals surface area contributed by atoms with Crippen molar-refractivity contribution in [3.8, 4) is 23.5 Å². The van der Waals surface area contributed by atoms with Gasteiger partial charge in [0.2, 0.25) is 0 Å². The molecule has 0 heterocycles. The van der Waals surface area contributed by atoms with Crippen LogP contribution in [0.2, 0.25) is 0 Å². The van der Waals surface area contributed by atoms with Crippen LogP contribution in [0.15, 0.2) is 91.0 Å². The summed E-state index contributed by atoms with van der Waals surface area (Å²) in [6, 6.07) is 31.9. The van der Waals surface area contributed by atoms with E-state index >= 15 is 0 Å². The van der Waals surface area contributed by atoms with E-state index in [4.69, 9.17) is 6.42 Å². The van der Waals surface area contributed by atoms with Crippen molar-refractivity contribution in [2.45, 2.75) is 0 Å². The highest BCUT2D eigenvalue weighted by molar-refractivity contribution is 6.27. The lowest BCUT2D eigenvalue weighted by Crippen LogP contribution is -1.90. The van der Waals surface area contributed by atoms with Gasteiger partial charge in [0.25, 0.3) is 0 Å². The molecule has 0 atom stereocenters. The van der Waals surface area contributed by atoms with Crippen LogP contribution in [0.3, 0.4) is 0 Å². The zero-order valence-electron chi connectivity index (χ0n) is 14.2. The standard InChI is InChI=1S/C26H16/c1-2-19-20(18-10-4-3-5-11-18)16-17-25-23-14-7-6-12-21(23)22-13-8-9-15-24(22)26(19)25/h1,3-17H. The molecule has 0 unspecified atom stereocenters. The number of hydrogen-bond donors (Lipinski definition) is 0. The fourth-order valence-corrected chi connectivity index (χ4v) is 4.00. The summed E-state index contributed by atoms with van der Waals surface area (Å²) in [5.74, 6) is 2.99. The molecule has 5 aromatic rings. The van der Waals surface area contributed by atoms with Crippen LogP contribution >= 0.6 is 0 Å². The second-order valence-electron chi connectivity index (χ2n) is 6.51. The summed E-state index contributed by atoms with van der Waals surface area (Å²) in [6.07, 6.45) is 6.04. The molecule has 0 amide bonds. The fourth-order valence-electron chi connectivity index (χ4n) is 4.00. The third-order valence-electron chi connectivity index (χ3n) is 5.14. The molecule has 0 saturated carbocycles. The summed E-state index contributed by atoms with van der Waals surface area (Å²) in [5.41, 5.74) is 3.23. The molecule has 5 aromatic carbocycles. The number of benzene rings is 5. The van der Waals surface area contributed by atoms with E-state index in [2.05, 4.69) is 90.8 Å². The first-order chi connectivity index (χ1) is 12.9. The van der Waals surface area contributed by atoms with Crippen LogP contribution in [0, 0.1) is 12.3 Å². The monoisotopic (exact) mass is 328 g/mol. The first kappa shape index (κ1) is 14.8. The second kappa shape index (κ2) is 5.76. The van der Waals surface area contributed by atoms with E-state index in [0.29, 0.717) is 0 Å². The molecule has 0 aliphatic rings. The van der Waals surface area contributed by atoms with Gasteiger partial charge in [-0.25, -0.2) is 0 Å². The molecule has 0 saturated heterocycles. The van der Waals surface area contributed by atoms with Crippen molar-refractivity contribution in [1.82, 2.24) is 0 Å². The quantitative estimate of drug-likeness (QED) is 0.235. The Labute approximate surface area is 152 Å². The summed E-state index contributed by atoms with van der Waals surface area (Å²) in [7, 11) is 0. The Kier molecular flexibility index (Phi) is 3.27. The third-order valence-corrected chi connectivity index (χ3v) is 5.14. The van der Waals surface area contributed by atoms with Crippen molar-refractivity contribution in [2.75, 3.05) is 0 Å². The maximum atomic E-state index is 6.04. The molecule has 0 nitrogen and oxygen atoms in total. The molecular weight excluding hydrogens is 312 g/mol. The van der Waals surface area contributed by atoms with Gasteiger partial charge in [-0.05, 0) is 38.1 Å². The van der Waals surface area contributed by atoms with E-state index in [0.717, 1.165) is 16.7 Å². The third kappa shape index (κ3) is 2.05. The number of fused-ring (bicyclic) bond motifs is 6. The van der Waals surface area contributed by atoms with Crippen LogP contribution in [0.4, 0.5) is 0 Å². The SMILES string of the molecule is C#Cc1c(-c2ccccc2)ccc2c3ccccc3c3ccccc3c12. The molecular formula is C26H16. The summed E-state index contributed by atoms with van der Waals surface area (Å²) < 4.78 is 0. The molecule has 0 aliphatic carbocycles. The van der Waals surface area contributed by atoms with Gasteiger partial charge in [0.15, 0.2) is 0 Å². The summed E-state index contributed by atoms with van der Waals surface area (Å²) in [6.45, 7) is 0. The lowest BCUT2D eigenvalue weighted by atomic mass is 9.88. The van der Waals surface area contributed by atoms with Crippen LogP contribution in [0.25, 0.3) is 43.4 Å². The molecule has 120 valence electrons. The Balaban J connectivity index is 2.06. The molecule has 26 heavy (non-hydrogen) atoms. The summed E-state index contributed by atoms with van der Waals surface area (Å²) in [4.78, 5) is 0. The Morgan fingerprint density at radius 1 is 0.500 bits per heavy atom. The molecule has 0 fully saturated rings. The van der Waals surface area contributed by atoms with Gasteiger partial charge in [-0.15, -0.1) is 6.42 Å². The molecule has 0 aliphatic heterocycles. The Morgan fingerprint density at radius 2 is 1.00 bits per heavy atom. The van der Waals surface area contributed by atoms with Crippen molar-refractivity contribution < 1.29 is 0 Å². The van der Waals surface area contributed by atoms with Gasteiger partial charge < -0.3 is 0 Å².